The summed E-state index contributed by atoms with van der Waals surface area (Å²) in [6.45, 7) is 5.24. The van der Waals surface area contributed by atoms with E-state index in [0.29, 0.717) is 44.6 Å². The minimum Gasteiger partial charge on any atom is -0.494 e. The van der Waals surface area contributed by atoms with Crippen LogP contribution in [0.4, 0.5) is 17.2 Å². The molecular weight excluding hydrogens is 508 g/mol. The van der Waals surface area contributed by atoms with Gasteiger partial charge in [-0.1, -0.05) is 24.2 Å². The molecular formula is C27H25ClN6O4. The van der Waals surface area contributed by atoms with Crippen LogP contribution in [-0.2, 0) is 16.2 Å². The zero-order valence-corrected chi connectivity index (χ0v) is 21.5. The van der Waals surface area contributed by atoms with E-state index in [-0.39, 0.29) is 6.61 Å². The van der Waals surface area contributed by atoms with Crippen LogP contribution < -0.4 is 25.4 Å². The van der Waals surface area contributed by atoms with E-state index in [1.165, 1.54) is 13.4 Å². The Morgan fingerprint density at radius 2 is 1.95 bits per heavy atom. The Kier molecular flexibility index (Phi) is 8.34. The van der Waals surface area contributed by atoms with Crippen LogP contribution >= 0.6 is 11.6 Å². The number of benzene rings is 2. The van der Waals surface area contributed by atoms with Crippen molar-refractivity contribution in [3.05, 3.63) is 84.4 Å². The number of fused-ring (bicyclic) bond motifs is 1. The van der Waals surface area contributed by atoms with E-state index in [1.807, 2.05) is 24.3 Å². The number of methoxy groups -OCH3 is 1. The summed E-state index contributed by atoms with van der Waals surface area (Å²) in [5, 5.41) is 9.58. The number of carbonyl (C=O) groups excluding carboxylic acids is 2. The lowest BCUT2D eigenvalue weighted by Gasteiger charge is -2.16. The molecule has 0 aliphatic heterocycles. The average Bonchev–Trinajstić information content (AvgIpc) is 2.93. The van der Waals surface area contributed by atoms with Crippen molar-refractivity contribution in [2.24, 2.45) is 0 Å². The third-order valence-corrected chi connectivity index (χ3v) is 5.74. The van der Waals surface area contributed by atoms with Crippen molar-refractivity contribution in [1.29, 1.82) is 0 Å². The van der Waals surface area contributed by atoms with Gasteiger partial charge in [0.2, 0.25) is 11.8 Å². The van der Waals surface area contributed by atoms with Crippen LogP contribution in [0.2, 0.25) is 5.02 Å². The highest BCUT2D eigenvalue weighted by atomic mass is 35.5. The third kappa shape index (κ3) is 6.34. The minimum atomic E-state index is -0.800. The summed E-state index contributed by atoms with van der Waals surface area (Å²) >= 11 is 6.46. The van der Waals surface area contributed by atoms with Crippen LogP contribution in [0.5, 0.6) is 11.5 Å². The Labute approximate surface area is 224 Å². The van der Waals surface area contributed by atoms with Gasteiger partial charge in [0.1, 0.15) is 36.3 Å². The molecule has 2 aromatic heterocycles. The molecule has 0 spiro atoms. The van der Waals surface area contributed by atoms with E-state index in [0.717, 1.165) is 11.8 Å². The van der Waals surface area contributed by atoms with Crippen molar-refractivity contribution in [3.63, 3.8) is 0 Å². The number of hydrogen-bond donors (Lipinski definition) is 3. The molecule has 0 aliphatic rings. The number of amides is 2. The lowest BCUT2D eigenvalue weighted by Crippen LogP contribution is -2.40. The Balaban J connectivity index is 1.56. The molecule has 4 rings (SSSR count). The molecule has 2 amide bonds. The SMILES string of the molecule is C=CC(=O)N[C@@H](C)C(=O)Nc1cc2c(Nc3ccc(OCc4ccccn4)c(Cl)c3)ncnc2cc1OC. The maximum Gasteiger partial charge on any atom is 0.246 e. The normalized spacial score (nSPS) is 11.3. The second kappa shape index (κ2) is 12.0. The molecule has 4 aromatic rings. The van der Waals surface area contributed by atoms with Crippen LogP contribution in [0.1, 0.15) is 12.6 Å². The summed E-state index contributed by atoms with van der Waals surface area (Å²) in [4.78, 5) is 37.1. The first kappa shape index (κ1) is 26.4. The fraction of sp³-hybridized carbons (Fsp3) is 0.148. The number of carbonyl (C=O) groups is 2. The first-order chi connectivity index (χ1) is 18.4. The maximum atomic E-state index is 12.7. The van der Waals surface area contributed by atoms with Gasteiger partial charge in [0.15, 0.2) is 0 Å². The fourth-order valence-electron chi connectivity index (χ4n) is 3.50. The molecule has 1 atom stereocenters. The molecule has 0 saturated heterocycles. The average molecular weight is 533 g/mol. The zero-order valence-electron chi connectivity index (χ0n) is 20.7. The van der Waals surface area contributed by atoms with Gasteiger partial charge in [-0.15, -0.1) is 0 Å². The molecule has 11 heteroatoms. The van der Waals surface area contributed by atoms with Gasteiger partial charge in [-0.3, -0.25) is 14.6 Å². The number of halogens is 1. The van der Waals surface area contributed by atoms with E-state index >= 15 is 0 Å². The number of anilines is 3. The highest BCUT2D eigenvalue weighted by Gasteiger charge is 2.18. The predicted octanol–water partition coefficient (Wildman–Crippen LogP) is 4.64. The Hall–Kier alpha value is -4.70. The standard InChI is InChI=1S/C27H25ClN6O4/c1-4-25(35)32-16(2)27(36)34-22-12-19-21(13-24(22)37-3)30-15-31-26(19)33-17-8-9-23(20(28)11-17)38-14-18-7-5-6-10-29-18/h4-13,15-16H,1,14H2,2-3H3,(H,32,35)(H,34,36)(H,30,31,33)/t16-/m0/s1. The number of ether oxygens (including phenoxy) is 2. The summed E-state index contributed by atoms with van der Waals surface area (Å²) in [5.74, 6) is 0.513. The van der Waals surface area contributed by atoms with E-state index < -0.39 is 17.9 Å². The predicted molar refractivity (Wildman–Crippen MR) is 146 cm³/mol. The number of hydrogen-bond acceptors (Lipinski definition) is 8. The van der Waals surface area contributed by atoms with Gasteiger partial charge in [-0.25, -0.2) is 9.97 Å². The molecule has 0 aliphatic carbocycles. The molecule has 38 heavy (non-hydrogen) atoms. The Morgan fingerprint density at radius 3 is 2.66 bits per heavy atom. The van der Waals surface area contributed by atoms with Crippen LogP contribution in [-0.4, -0.2) is 39.9 Å². The van der Waals surface area contributed by atoms with Gasteiger partial charge in [-0.05, 0) is 49.4 Å². The summed E-state index contributed by atoms with van der Waals surface area (Å²) in [6, 6.07) is 13.5. The Morgan fingerprint density at radius 1 is 1.11 bits per heavy atom. The molecule has 0 unspecified atom stereocenters. The second-order valence-electron chi connectivity index (χ2n) is 8.10. The maximum absolute atomic E-state index is 12.7. The monoisotopic (exact) mass is 532 g/mol. The van der Waals surface area contributed by atoms with Crippen molar-refractivity contribution < 1.29 is 19.1 Å². The van der Waals surface area contributed by atoms with E-state index in [2.05, 4.69) is 37.5 Å². The quantitative estimate of drug-likeness (QED) is 0.252. The summed E-state index contributed by atoms with van der Waals surface area (Å²) in [7, 11) is 1.49. The van der Waals surface area contributed by atoms with Crippen LogP contribution in [0, 0.1) is 0 Å². The van der Waals surface area contributed by atoms with Gasteiger partial charge in [-0.2, -0.15) is 0 Å². The lowest BCUT2D eigenvalue weighted by molar-refractivity contribution is -0.123. The first-order valence-corrected chi connectivity index (χ1v) is 11.9. The number of nitrogens with zero attached hydrogens (tertiary/aromatic N) is 3. The summed E-state index contributed by atoms with van der Waals surface area (Å²) in [6.07, 6.45) is 4.22. The number of rotatable bonds is 10. The minimum absolute atomic E-state index is 0.288. The van der Waals surface area contributed by atoms with Gasteiger partial charge in [0.05, 0.1) is 29.0 Å². The third-order valence-electron chi connectivity index (χ3n) is 5.45. The highest BCUT2D eigenvalue weighted by molar-refractivity contribution is 6.32. The van der Waals surface area contributed by atoms with Gasteiger partial charge in [0.25, 0.3) is 0 Å². The number of aromatic nitrogens is 3. The van der Waals surface area contributed by atoms with Gasteiger partial charge < -0.3 is 25.4 Å². The van der Waals surface area contributed by atoms with Crippen molar-refractivity contribution in [2.75, 3.05) is 17.7 Å². The molecule has 3 N–H and O–H groups in total. The number of pyridine rings is 1. The fourth-order valence-corrected chi connectivity index (χ4v) is 3.73. The molecule has 194 valence electrons. The topological polar surface area (TPSA) is 127 Å². The molecule has 10 nitrogen and oxygen atoms in total. The number of nitrogens with one attached hydrogen (secondary N) is 3. The highest BCUT2D eigenvalue weighted by Crippen LogP contribution is 2.34. The van der Waals surface area contributed by atoms with Gasteiger partial charge in [0, 0.05) is 23.3 Å². The molecule has 0 saturated carbocycles. The molecule has 0 radical (unpaired) electrons. The largest absolute Gasteiger partial charge is 0.494 e. The summed E-state index contributed by atoms with van der Waals surface area (Å²) < 4.78 is 11.2. The smallest absolute Gasteiger partial charge is 0.246 e. The Bertz CT molecular complexity index is 1480. The van der Waals surface area contributed by atoms with E-state index in [1.54, 1.807) is 37.4 Å². The van der Waals surface area contributed by atoms with Crippen LogP contribution in [0.15, 0.2) is 73.7 Å². The van der Waals surface area contributed by atoms with Gasteiger partial charge >= 0.3 is 0 Å². The summed E-state index contributed by atoms with van der Waals surface area (Å²) in [5.41, 5.74) is 2.43. The van der Waals surface area contributed by atoms with E-state index in [9.17, 15) is 9.59 Å². The van der Waals surface area contributed by atoms with Crippen LogP contribution in [0.3, 0.4) is 0 Å². The van der Waals surface area contributed by atoms with Crippen molar-refractivity contribution in [1.82, 2.24) is 20.3 Å². The van der Waals surface area contributed by atoms with Crippen molar-refractivity contribution in [2.45, 2.75) is 19.6 Å². The molecule has 2 aromatic carbocycles. The van der Waals surface area contributed by atoms with Crippen LogP contribution in [0.25, 0.3) is 10.9 Å². The van der Waals surface area contributed by atoms with Crippen molar-refractivity contribution >= 4 is 51.5 Å². The van der Waals surface area contributed by atoms with E-state index in [4.69, 9.17) is 21.1 Å². The molecule has 2 heterocycles. The van der Waals surface area contributed by atoms with Crippen molar-refractivity contribution in [3.8, 4) is 11.5 Å². The first-order valence-electron chi connectivity index (χ1n) is 11.5. The second-order valence-corrected chi connectivity index (χ2v) is 8.50. The molecule has 0 bridgehead atoms. The molecule has 0 fully saturated rings. The zero-order chi connectivity index (χ0) is 27.1. The lowest BCUT2D eigenvalue weighted by atomic mass is 10.1.